The van der Waals surface area contributed by atoms with Crippen molar-refractivity contribution in [2.45, 2.75) is 38.6 Å². The van der Waals surface area contributed by atoms with E-state index >= 15 is 0 Å². The van der Waals surface area contributed by atoms with Gasteiger partial charge in [0.15, 0.2) is 0 Å². The van der Waals surface area contributed by atoms with Crippen LogP contribution in [-0.2, 0) is 12.0 Å². The van der Waals surface area contributed by atoms with Crippen LogP contribution < -0.4 is 10.2 Å². The number of nitrogens with zero attached hydrogens (tertiary/aromatic N) is 2. The molecule has 9 rings (SSSR count). The van der Waals surface area contributed by atoms with Crippen LogP contribution in [0.25, 0.3) is 16.7 Å². The van der Waals surface area contributed by atoms with Crippen LogP contribution in [0.4, 0.5) is 11.4 Å². The Kier molecular flexibility index (Phi) is 10.9. The number of hydrogen-bond acceptors (Lipinski definition) is 3. The van der Waals surface area contributed by atoms with Crippen LogP contribution in [0.1, 0.15) is 65.6 Å². The number of hydrogen-bond donors (Lipinski definition) is 1. The van der Waals surface area contributed by atoms with Gasteiger partial charge in [0.05, 0.1) is 17.7 Å². The van der Waals surface area contributed by atoms with Crippen molar-refractivity contribution in [2.75, 3.05) is 19.0 Å². The number of benzene rings is 6. The Hall–Kier alpha value is -6.71. The third-order valence-electron chi connectivity index (χ3n) is 12.6. The Bertz CT molecular complexity index is 2650. The van der Waals surface area contributed by atoms with Crippen molar-refractivity contribution < 1.29 is 0 Å². The maximum Gasteiger partial charge on any atom is 0.0714 e. The van der Waals surface area contributed by atoms with Crippen molar-refractivity contribution in [2.24, 2.45) is 16.8 Å². The molecule has 6 aromatic carbocycles. The van der Waals surface area contributed by atoms with E-state index in [4.69, 9.17) is 4.99 Å². The van der Waals surface area contributed by atoms with Crippen LogP contribution in [0, 0.1) is 11.8 Å². The lowest BCUT2D eigenvalue weighted by molar-refractivity contribution is 0.702. The van der Waals surface area contributed by atoms with Crippen molar-refractivity contribution in [3.05, 3.63) is 244 Å². The standard InChI is InChI=1S/C57H53N3/c1-40-17-15-21-44(35-40)49-34-31-47(57(46-23-9-6-10-24-46)52-27-13-11-25-50(52)51-26-12-14-28-53(51)57)37-56(49)60(4)48-32-29-42(30-33-48)39-59-55(43-19-7-5-8-20-43)38-54(58-3)45-22-16-18-41(2)36-45/h5-34,37-38,40-41,58H,35-36,39H2,1-4H3/b54-38-,59-55+. The Labute approximate surface area is 356 Å². The van der Waals surface area contributed by atoms with Gasteiger partial charge in [-0.15, -0.1) is 0 Å². The molecular weight excluding hydrogens is 727 g/mol. The third-order valence-corrected chi connectivity index (χ3v) is 12.6. The molecule has 3 aliphatic rings. The quantitative estimate of drug-likeness (QED) is 0.132. The summed E-state index contributed by atoms with van der Waals surface area (Å²) in [5.41, 5.74) is 17.9. The van der Waals surface area contributed by atoms with Crippen LogP contribution in [0.3, 0.4) is 0 Å². The number of aliphatic imine (C=N–C) groups is 1. The van der Waals surface area contributed by atoms with Crippen LogP contribution >= 0.6 is 0 Å². The Morgan fingerprint density at radius 2 is 1.28 bits per heavy atom. The van der Waals surface area contributed by atoms with Gasteiger partial charge >= 0.3 is 0 Å². The molecule has 0 bridgehead atoms. The minimum atomic E-state index is -0.473. The molecule has 296 valence electrons. The van der Waals surface area contributed by atoms with E-state index in [0.29, 0.717) is 18.4 Å². The summed E-state index contributed by atoms with van der Waals surface area (Å²) in [5.74, 6) is 0.987. The van der Waals surface area contributed by atoms with E-state index in [0.717, 1.165) is 35.5 Å². The first-order valence-corrected chi connectivity index (χ1v) is 21.4. The van der Waals surface area contributed by atoms with E-state index in [9.17, 15) is 0 Å². The van der Waals surface area contributed by atoms with Crippen molar-refractivity contribution in [3.8, 4) is 11.1 Å². The number of nitrogens with one attached hydrogen (secondary N) is 1. The van der Waals surface area contributed by atoms with Crippen molar-refractivity contribution in [1.82, 2.24) is 5.32 Å². The Balaban J connectivity index is 1.11. The largest absolute Gasteiger partial charge is 0.388 e. The molecule has 0 heterocycles. The molecule has 0 saturated carbocycles. The highest BCUT2D eigenvalue weighted by Crippen LogP contribution is 2.56. The monoisotopic (exact) mass is 779 g/mol. The summed E-state index contributed by atoms with van der Waals surface area (Å²) >= 11 is 0. The number of rotatable bonds is 11. The topological polar surface area (TPSA) is 27.6 Å². The summed E-state index contributed by atoms with van der Waals surface area (Å²) in [4.78, 5) is 7.62. The smallest absolute Gasteiger partial charge is 0.0714 e. The maximum absolute atomic E-state index is 5.24. The molecule has 3 nitrogen and oxygen atoms in total. The molecule has 0 saturated heterocycles. The number of likely N-dealkylation sites (N-methyl/N-ethyl adjacent to an activating group) is 1. The average Bonchev–Trinajstić information content (AvgIpc) is 3.60. The van der Waals surface area contributed by atoms with E-state index in [2.05, 4.69) is 225 Å². The average molecular weight is 780 g/mol. The normalized spacial score (nSPS) is 18.0. The van der Waals surface area contributed by atoms with E-state index in [1.54, 1.807) is 0 Å². The highest BCUT2D eigenvalue weighted by Gasteiger charge is 2.46. The highest BCUT2D eigenvalue weighted by molar-refractivity contribution is 6.09. The highest BCUT2D eigenvalue weighted by atomic mass is 15.1. The molecule has 60 heavy (non-hydrogen) atoms. The summed E-state index contributed by atoms with van der Waals surface area (Å²) in [5, 5.41) is 3.46. The summed E-state index contributed by atoms with van der Waals surface area (Å²) in [6.07, 6.45) is 17.7. The minimum absolute atomic E-state index is 0.473. The van der Waals surface area contributed by atoms with Crippen LogP contribution in [0.15, 0.2) is 210 Å². The van der Waals surface area contributed by atoms with Gasteiger partial charge in [0.1, 0.15) is 0 Å². The SMILES string of the molecule is CN/C(=C\C(=N/Cc1ccc(N(C)c2cc(C3(c4ccccc4)c4ccccc4-c4ccccc43)ccc2C2=CC=CC(C)C2)cc1)c1ccccc1)C1=CC=CC(C)C1. The zero-order valence-electron chi connectivity index (χ0n) is 35.1. The van der Waals surface area contributed by atoms with Gasteiger partial charge in [0.2, 0.25) is 0 Å². The zero-order valence-corrected chi connectivity index (χ0v) is 35.1. The van der Waals surface area contributed by atoms with Gasteiger partial charge in [-0.2, -0.15) is 0 Å². The first kappa shape index (κ1) is 38.8. The zero-order chi connectivity index (χ0) is 41.1. The van der Waals surface area contributed by atoms with Crippen molar-refractivity contribution >= 4 is 22.7 Å². The molecule has 0 aromatic heterocycles. The molecule has 1 N–H and O–H groups in total. The molecule has 0 amide bonds. The second kappa shape index (κ2) is 16.9. The van der Waals surface area contributed by atoms with E-state index in [1.807, 2.05) is 7.05 Å². The molecule has 6 aromatic rings. The van der Waals surface area contributed by atoms with E-state index < -0.39 is 5.41 Å². The second-order valence-electron chi connectivity index (χ2n) is 16.6. The van der Waals surface area contributed by atoms with Gasteiger partial charge in [-0.3, -0.25) is 4.99 Å². The van der Waals surface area contributed by atoms with Crippen LogP contribution in [-0.4, -0.2) is 19.8 Å². The Morgan fingerprint density at radius 1 is 0.667 bits per heavy atom. The number of fused-ring (bicyclic) bond motifs is 3. The lowest BCUT2D eigenvalue weighted by atomic mass is 9.67. The molecule has 3 heteroatoms. The predicted octanol–water partition coefficient (Wildman–Crippen LogP) is 13.4. The molecule has 3 aliphatic carbocycles. The summed E-state index contributed by atoms with van der Waals surface area (Å²) in [7, 11) is 4.22. The molecular formula is C57H53N3. The lowest BCUT2D eigenvalue weighted by Crippen LogP contribution is -2.29. The first-order chi connectivity index (χ1) is 29.4. The van der Waals surface area contributed by atoms with E-state index in [1.165, 1.54) is 61.3 Å². The fourth-order valence-corrected chi connectivity index (χ4v) is 9.55. The summed E-state index contributed by atoms with van der Waals surface area (Å²) in [6, 6.07) is 55.8. The minimum Gasteiger partial charge on any atom is -0.388 e. The summed E-state index contributed by atoms with van der Waals surface area (Å²) < 4.78 is 0. The lowest BCUT2D eigenvalue weighted by Gasteiger charge is -2.35. The van der Waals surface area contributed by atoms with Crippen molar-refractivity contribution in [3.63, 3.8) is 0 Å². The molecule has 0 fully saturated rings. The predicted molar refractivity (Wildman–Crippen MR) is 254 cm³/mol. The van der Waals surface area contributed by atoms with Gasteiger partial charge in [-0.25, -0.2) is 0 Å². The van der Waals surface area contributed by atoms with Gasteiger partial charge in [0, 0.05) is 36.7 Å². The third kappa shape index (κ3) is 7.30. The van der Waals surface area contributed by atoms with E-state index in [-0.39, 0.29) is 0 Å². The van der Waals surface area contributed by atoms with Gasteiger partial charge < -0.3 is 10.2 Å². The molecule has 0 spiro atoms. The number of allylic oxidation sites excluding steroid dienone is 9. The molecule has 0 radical (unpaired) electrons. The van der Waals surface area contributed by atoms with Crippen LogP contribution in [0.5, 0.6) is 0 Å². The molecule has 0 aliphatic heterocycles. The second-order valence-corrected chi connectivity index (χ2v) is 16.6. The molecule has 2 unspecified atom stereocenters. The first-order valence-electron chi connectivity index (χ1n) is 21.4. The van der Waals surface area contributed by atoms with Crippen molar-refractivity contribution in [1.29, 1.82) is 0 Å². The fraction of sp³-hybridized carbons (Fsp3) is 0.175. The summed E-state index contributed by atoms with van der Waals surface area (Å²) in [6.45, 7) is 5.15. The van der Waals surface area contributed by atoms with Gasteiger partial charge in [-0.1, -0.05) is 184 Å². The van der Waals surface area contributed by atoms with Gasteiger partial charge in [-0.05, 0) is 105 Å². The maximum atomic E-state index is 5.24. The molecule has 2 atom stereocenters. The van der Waals surface area contributed by atoms with Gasteiger partial charge in [0.25, 0.3) is 0 Å². The fourth-order valence-electron chi connectivity index (χ4n) is 9.55. The number of anilines is 2. The Morgan fingerprint density at radius 3 is 1.93 bits per heavy atom. The van der Waals surface area contributed by atoms with Crippen LogP contribution in [0.2, 0.25) is 0 Å².